The Morgan fingerprint density at radius 3 is 2.69 bits per heavy atom. The van der Waals surface area contributed by atoms with Gasteiger partial charge in [-0.25, -0.2) is 4.39 Å². The molecule has 1 aromatic heterocycles. The van der Waals surface area contributed by atoms with Gasteiger partial charge in [0.15, 0.2) is 0 Å². The molecule has 0 fully saturated rings. The molecule has 0 unspecified atom stereocenters. The molecule has 0 aliphatic heterocycles. The van der Waals surface area contributed by atoms with E-state index in [2.05, 4.69) is 5.32 Å². The van der Waals surface area contributed by atoms with Crippen LogP contribution < -0.4 is 5.32 Å². The van der Waals surface area contributed by atoms with Crippen LogP contribution in [0.25, 0.3) is 10.4 Å². The molecule has 0 bridgehead atoms. The minimum Gasteiger partial charge on any atom is -0.354 e. The molecule has 1 aromatic carbocycles. The van der Waals surface area contributed by atoms with Gasteiger partial charge in [0.2, 0.25) is 0 Å². The molecule has 1 N–H and O–H groups in total. The van der Waals surface area contributed by atoms with Gasteiger partial charge in [0.05, 0.1) is 4.88 Å². The number of rotatable bonds is 2. The second-order valence-electron chi connectivity index (χ2n) is 3.22. The van der Waals surface area contributed by atoms with Crippen LogP contribution in [0.4, 0.5) is 4.39 Å². The summed E-state index contributed by atoms with van der Waals surface area (Å²) in [4.78, 5) is 12.7. The predicted molar refractivity (Wildman–Crippen MR) is 63.1 cm³/mol. The van der Waals surface area contributed by atoms with Gasteiger partial charge < -0.3 is 5.32 Å². The van der Waals surface area contributed by atoms with Gasteiger partial charge in [0, 0.05) is 17.5 Å². The zero-order valence-corrected chi connectivity index (χ0v) is 9.48. The number of carbonyl (C=O) groups excluding carboxylic acids is 1. The third kappa shape index (κ3) is 1.97. The summed E-state index contributed by atoms with van der Waals surface area (Å²) in [5, 5.41) is 2.54. The van der Waals surface area contributed by atoms with Crippen molar-refractivity contribution >= 4 is 17.2 Å². The molecular formula is C12H10FNOS. The Hall–Kier alpha value is -1.68. The largest absolute Gasteiger partial charge is 0.354 e. The van der Waals surface area contributed by atoms with Gasteiger partial charge in [0.25, 0.3) is 5.91 Å². The first-order valence-corrected chi connectivity index (χ1v) is 5.61. The van der Waals surface area contributed by atoms with E-state index in [4.69, 9.17) is 0 Å². The molecule has 0 atom stereocenters. The fourth-order valence-corrected chi connectivity index (χ4v) is 2.37. The molecule has 4 heteroatoms. The van der Waals surface area contributed by atoms with E-state index in [1.165, 1.54) is 17.4 Å². The number of halogens is 1. The first-order valence-electron chi connectivity index (χ1n) is 4.79. The average molecular weight is 235 g/mol. The van der Waals surface area contributed by atoms with E-state index in [1.807, 2.05) is 0 Å². The van der Waals surface area contributed by atoms with Crippen LogP contribution in [-0.2, 0) is 0 Å². The molecule has 16 heavy (non-hydrogen) atoms. The molecule has 0 saturated carbocycles. The zero-order valence-electron chi connectivity index (χ0n) is 8.66. The van der Waals surface area contributed by atoms with Crippen molar-refractivity contribution in [2.24, 2.45) is 0 Å². The van der Waals surface area contributed by atoms with Crippen LogP contribution in [0.3, 0.4) is 0 Å². The van der Waals surface area contributed by atoms with Gasteiger partial charge in [0.1, 0.15) is 5.82 Å². The maximum absolute atomic E-state index is 13.5. The highest BCUT2D eigenvalue weighted by Crippen LogP contribution is 2.29. The fourth-order valence-electron chi connectivity index (χ4n) is 1.39. The van der Waals surface area contributed by atoms with E-state index in [0.29, 0.717) is 10.4 Å². The normalized spacial score (nSPS) is 10.1. The van der Waals surface area contributed by atoms with Crippen molar-refractivity contribution in [3.05, 3.63) is 47.1 Å². The number of carbonyl (C=O) groups is 1. The Morgan fingerprint density at radius 1 is 1.25 bits per heavy atom. The highest BCUT2D eigenvalue weighted by atomic mass is 32.1. The second kappa shape index (κ2) is 4.45. The lowest BCUT2D eigenvalue weighted by Gasteiger charge is -1.98. The number of hydrogen-bond acceptors (Lipinski definition) is 2. The third-order valence-electron chi connectivity index (χ3n) is 2.20. The lowest BCUT2D eigenvalue weighted by Crippen LogP contribution is -2.15. The molecule has 1 heterocycles. The van der Waals surface area contributed by atoms with Crippen molar-refractivity contribution in [3.63, 3.8) is 0 Å². The second-order valence-corrected chi connectivity index (χ2v) is 4.31. The summed E-state index contributed by atoms with van der Waals surface area (Å²) >= 11 is 1.28. The molecule has 0 radical (unpaired) electrons. The van der Waals surface area contributed by atoms with Crippen LogP contribution in [-0.4, -0.2) is 13.0 Å². The zero-order chi connectivity index (χ0) is 11.5. The van der Waals surface area contributed by atoms with Crippen molar-refractivity contribution in [1.82, 2.24) is 5.32 Å². The topological polar surface area (TPSA) is 29.1 Å². The van der Waals surface area contributed by atoms with E-state index in [0.717, 1.165) is 4.88 Å². The standard InChI is InChI=1S/C12H10FNOS/c1-14-12(15)11-7-6-10(16-11)8-4-2-3-5-9(8)13/h2-7H,1H3,(H,14,15). The molecule has 0 saturated heterocycles. The highest BCUT2D eigenvalue weighted by Gasteiger charge is 2.10. The highest BCUT2D eigenvalue weighted by molar-refractivity contribution is 7.17. The van der Waals surface area contributed by atoms with Gasteiger partial charge in [-0.05, 0) is 18.2 Å². The maximum Gasteiger partial charge on any atom is 0.261 e. The van der Waals surface area contributed by atoms with Gasteiger partial charge in [-0.1, -0.05) is 18.2 Å². The van der Waals surface area contributed by atoms with Crippen molar-refractivity contribution in [3.8, 4) is 10.4 Å². The summed E-state index contributed by atoms with van der Waals surface area (Å²) in [5.74, 6) is -0.416. The number of thiophene rings is 1. The summed E-state index contributed by atoms with van der Waals surface area (Å²) in [5.41, 5.74) is 0.530. The van der Waals surface area contributed by atoms with Crippen LogP contribution in [0.5, 0.6) is 0 Å². The summed E-state index contributed by atoms with van der Waals surface area (Å²) in [6, 6.07) is 9.99. The molecular weight excluding hydrogens is 225 g/mol. The van der Waals surface area contributed by atoms with E-state index in [-0.39, 0.29) is 11.7 Å². The Bertz CT molecular complexity index is 521. The first kappa shape index (κ1) is 10.8. The van der Waals surface area contributed by atoms with Crippen molar-refractivity contribution in [2.75, 3.05) is 7.05 Å². The van der Waals surface area contributed by atoms with Gasteiger partial charge in [-0.3, -0.25) is 4.79 Å². The minimum absolute atomic E-state index is 0.146. The van der Waals surface area contributed by atoms with Gasteiger partial charge >= 0.3 is 0 Å². The summed E-state index contributed by atoms with van der Waals surface area (Å²) in [6.07, 6.45) is 0. The fraction of sp³-hybridized carbons (Fsp3) is 0.0833. The van der Waals surface area contributed by atoms with Crippen LogP contribution in [0.15, 0.2) is 36.4 Å². The van der Waals surface area contributed by atoms with Crippen molar-refractivity contribution in [1.29, 1.82) is 0 Å². The minimum atomic E-state index is -0.271. The van der Waals surface area contributed by atoms with Crippen LogP contribution >= 0.6 is 11.3 Å². The van der Waals surface area contributed by atoms with Crippen LogP contribution in [0.2, 0.25) is 0 Å². The maximum atomic E-state index is 13.5. The van der Waals surface area contributed by atoms with Crippen LogP contribution in [0.1, 0.15) is 9.67 Å². The Labute approximate surface area is 96.7 Å². The molecule has 1 amide bonds. The van der Waals surface area contributed by atoms with Crippen LogP contribution in [0, 0.1) is 5.82 Å². The summed E-state index contributed by atoms with van der Waals surface area (Å²) in [7, 11) is 1.57. The number of nitrogens with one attached hydrogen (secondary N) is 1. The quantitative estimate of drug-likeness (QED) is 0.852. The van der Waals surface area contributed by atoms with E-state index >= 15 is 0 Å². The third-order valence-corrected chi connectivity index (χ3v) is 3.31. The SMILES string of the molecule is CNC(=O)c1ccc(-c2ccccc2F)s1. The molecule has 2 nitrogen and oxygen atoms in total. The number of hydrogen-bond donors (Lipinski definition) is 1. The Kier molecular flexibility index (Phi) is 3.01. The Morgan fingerprint density at radius 2 is 2.00 bits per heavy atom. The monoisotopic (exact) mass is 235 g/mol. The summed E-state index contributed by atoms with van der Waals surface area (Å²) < 4.78 is 13.5. The molecule has 0 aliphatic carbocycles. The van der Waals surface area contributed by atoms with E-state index in [1.54, 1.807) is 37.4 Å². The molecule has 2 aromatic rings. The van der Waals surface area contributed by atoms with Gasteiger partial charge in [-0.2, -0.15) is 0 Å². The van der Waals surface area contributed by atoms with E-state index in [9.17, 15) is 9.18 Å². The lowest BCUT2D eigenvalue weighted by atomic mass is 10.2. The first-order chi connectivity index (χ1) is 7.72. The van der Waals surface area contributed by atoms with Crippen molar-refractivity contribution < 1.29 is 9.18 Å². The molecule has 82 valence electrons. The molecule has 0 aliphatic rings. The smallest absolute Gasteiger partial charge is 0.261 e. The lowest BCUT2D eigenvalue weighted by molar-refractivity contribution is 0.0967. The van der Waals surface area contributed by atoms with Gasteiger partial charge in [-0.15, -0.1) is 11.3 Å². The predicted octanol–water partition coefficient (Wildman–Crippen LogP) is 2.91. The molecule has 0 spiro atoms. The number of amides is 1. The van der Waals surface area contributed by atoms with E-state index < -0.39 is 0 Å². The average Bonchev–Trinajstić information content (AvgIpc) is 2.78. The van der Waals surface area contributed by atoms with Crippen molar-refractivity contribution in [2.45, 2.75) is 0 Å². The Balaban J connectivity index is 2.39. The molecule has 2 rings (SSSR count). The number of benzene rings is 1. The summed E-state index contributed by atoms with van der Waals surface area (Å²) in [6.45, 7) is 0.